The van der Waals surface area contributed by atoms with Crippen LogP contribution in [-0.4, -0.2) is 46.1 Å². The van der Waals surface area contributed by atoms with Crippen LogP contribution in [0.1, 0.15) is 23.6 Å². The Labute approximate surface area is 159 Å². The van der Waals surface area contributed by atoms with Crippen LogP contribution in [0, 0.1) is 0 Å². The first kappa shape index (κ1) is 19.0. The van der Waals surface area contributed by atoms with Gasteiger partial charge in [0.2, 0.25) is 10.0 Å². The first-order chi connectivity index (χ1) is 12.9. The summed E-state index contributed by atoms with van der Waals surface area (Å²) in [5, 5.41) is 4.40. The van der Waals surface area contributed by atoms with E-state index in [9.17, 15) is 8.42 Å². The fourth-order valence-corrected chi connectivity index (χ4v) is 4.07. The maximum atomic E-state index is 12.4. The Balaban J connectivity index is 2.07. The van der Waals surface area contributed by atoms with Gasteiger partial charge >= 0.3 is 0 Å². The Bertz CT molecular complexity index is 972. The lowest BCUT2D eigenvalue weighted by Gasteiger charge is -2.23. The molecule has 144 valence electrons. The lowest BCUT2D eigenvalue weighted by Crippen LogP contribution is -2.26. The van der Waals surface area contributed by atoms with E-state index in [2.05, 4.69) is 5.10 Å². The summed E-state index contributed by atoms with van der Waals surface area (Å²) in [6.07, 6.45) is 1.55. The summed E-state index contributed by atoms with van der Waals surface area (Å²) in [5.41, 5.74) is 2.17. The summed E-state index contributed by atoms with van der Waals surface area (Å²) in [6, 6.07) is 12.3. The van der Waals surface area contributed by atoms with Crippen molar-refractivity contribution < 1.29 is 22.6 Å². The zero-order valence-electron chi connectivity index (χ0n) is 15.7. The summed E-state index contributed by atoms with van der Waals surface area (Å²) in [6.45, 7) is 0. The van der Waals surface area contributed by atoms with E-state index in [0.29, 0.717) is 34.9 Å². The third kappa shape index (κ3) is 3.71. The number of sulfonamides is 1. The summed E-state index contributed by atoms with van der Waals surface area (Å²) in [4.78, 5) is 0. The van der Waals surface area contributed by atoms with Crippen LogP contribution in [0.4, 0.5) is 0 Å². The molecule has 0 radical (unpaired) electrons. The van der Waals surface area contributed by atoms with E-state index in [4.69, 9.17) is 14.2 Å². The zero-order valence-corrected chi connectivity index (χ0v) is 16.5. The van der Waals surface area contributed by atoms with E-state index < -0.39 is 16.1 Å². The molecule has 1 aliphatic heterocycles. The molecule has 8 heteroatoms. The van der Waals surface area contributed by atoms with E-state index in [-0.39, 0.29) is 0 Å². The normalized spacial score (nSPS) is 16.8. The molecule has 0 fully saturated rings. The monoisotopic (exact) mass is 390 g/mol. The van der Waals surface area contributed by atoms with Crippen molar-refractivity contribution in [3.8, 4) is 17.2 Å². The number of ether oxygens (including phenoxy) is 3. The Hall–Kier alpha value is -2.74. The number of hydrogen-bond acceptors (Lipinski definition) is 6. The standard InChI is InChI=1S/C19H22N2O5S/c1-24-14-8-5-7-13(11-14)16-12-17(21(20-16)27(4,22)23)15-9-6-10-18(25-2)19(15)26-3/h5-11,17H,12H2,1-4H3. The van der Waals surface area contributed by atoms with Crippen molar-refractivity contribution in [2.24, 2.45) is 5.10 Å². The van der Waals surface area contributed by atoms with E-state index in [0.717, 1.165) is 16.2 Å². The van der Waals surface area contributed by atoms with Crippen molar-refractivity contribution in [2.75, 3.05) is 27.6 Å². The van der Waals surface area contributed by atoms with E-state index in [1.54, 1.807) is 26.4 Å². The molecular formula is C19H22N2O5S. The Morgan fingerprint density at radius 2 is 1.78 bits per heavy atom. The van der Waals surface area contributed by atoms with Crippen LogP contribution in [0.25, 0.3) is 0 Å². The topological polar surface area (TPSA) is 77.4 Å². The van der Waals surface area contributed by atoms with Gasteiger partial charge in [0, 0.05) is 17.5 Å². The fourth-order valence-electron chi connectivity index (χ4n) is 3.18. The second kappa shape index (κ2) is 7.48. The molecule has 0 bridgehead atoms. The molecule has 3 rings (SSSR count). The molecule has 27 heavy (non-hydrogen) atoms. The van der Waals surface area contributed by atoms with Crippen LogP contribution in [0.3, 0.4) is 0 Å². The smallest absolute Gasteiger partial charge is 0.247 e. The Kier molecular flexibility index (Phi) is 5.27. The molecule has 1 atom stereocenters. The lowest BCUT2D eigenvalue weighted by atomic mass is 9.98. The summed E-state index contributed by atoms with van der Waals surface area (Å²) >= 11 is 0. The van der Waals surface area contributed by atoms with Gasteiger partial charge in [0.25, 0.3) is 0 Å². The highest BCUT2D eigenvalue weighted by molar-refractivity contribution is 7.88. The van der Waals surface area contributed by atoms with Gasteiger partial charge in [-0.2, -0.15) is 9.52 Å². The minimum Gasteiger partial charge on any atom is -0.497 e. The number of hydrazone groups is 1. The summed E-state index contributed by atoms with van der Waals surface area (Å²) < 4.78 is 42.0. The average molecular weight is 390 g/mol. The van der Waals surface area contributed by atoms with Gasteiger partial charge in [0.15, 0.2) is 11.5 Å². The van der Waals surface area contributed by atoms with E-state index in [1.807, 2.05) is 30.3 Å². The van der Waals surface area contributed by atoms with Crippen LogP contribution < -0.4 is 14.2 Å². The lowest BCUT2D eigenvalue weighted by molar-refractivity contribution is 0.329. The molecule has 0 N–H and O–H groups in total. The number of nitrogens with zero attached hydrogens (tertiary/aromatic N) is 2. The quantitative estimate of drug-likeness (QED) is 0.758. The van der Waals surface area contributed by atoms with Gasteiger partial charge in [0.05, 0.1) is 39.3 Å². The highest BCUT2D eigenvalue weighted by atomic mass is 32.2. The van der Waals surface area contributed by atoms with Crippen molar-refractivity contribution in [3.63, 3.8) is 0 Å². The number of rotatable bonds is 6. The third-order valence-corrected chi connectivity index (χ3v) is 5.42. The third-order valence-electron chi connectivity index (χ3n) is 4.41. The fraction of sp³-hybridized carbons (Fsp3) is 0.316. The maximum absolute atomic E-state index is 12.4. The van der Waals surface area contributed by atoms with Gasteiger partial charge in [-0.3, -0.25) is 0 Å². The largest absolute Gasteiger partial charge is 0.497 e. The molecule has 7 nitrogen and oxygen atoms in total. The first-order valence-electron chi connectivity index (χ1n) is 8.31. The molecule has 0 saturated carbocycles. The SMILES string of the molecule is COc1cccc(C2=NN(S(C)(=O)=O)C(c3cccc(OC)c3OC)C2)c1. The van der Waals surface area contributed by atoms with Crippen molar-refractivity contribution in [1.29, 1.82) is 0 Å². The highest BCUT2D eigenvalue weighted by Crippen LogP contribution is 2.42. The zero-order chi connectivity index (χ0) is 19.6. The van der Waals surface area contributed by atoms with Crippen LogP contribution >= 0.6 is 0 Å². The van der Waals surface area contributed by atoms with Gasteiger partial charge in [0.1, 0.15) is 5.75 Å². The first-order valence-corrected chi connectivity index (χ1v) is 10.2. The van der Waals surface area contributed by atoms with Gasteiger partial charge in [-0.25, -0.2) is 8.42 Å². The van der Waals surface area contributed by atoms with Crippen LogP contribution in [0.5, 0.6) is 17.2 Å². The summed E-state index contributed by atoms with van der Waals surface area (Å²) in [7, 11) is 1.08. The summed E-state index contributed by atoms with van der Waals surface area (Å²) in [5.74, 6) is 1.72. The van der Waals surface area contributed by atoms with Crippen molar-refractivity contribution in [2.45, 2.75) is 12.5 Å². The van der Waals surface area contributed by atoms with Crippen molar-refractivity contribution >= 4 is 15.7 Å². The van der Waals surface area contributed by atoms with Gasteiger partial charge in [-0.15, -0.1) is 0 Å². The molecular weight excluding hydrogens is 368 g/mol. The molecule has 2 aromatic carbocycles. The second-order valence-corrected chi connectivity index (χ2v) is 7.96. The van der Waals surface area contributed by atoms with Crippen LogP contribution in [0.2, 0.25) is 0 Å². The van der Waals surface area contributed by atoms with Gasteiger partial charge < -0.3 is 14.2 Å². The predicted octanol–water partition coefficient (Wildman–Crippen LogP) is 2.82. The minimum absolute atomic E-state index is 0.407. The highest BCUT2D eigenvalue weighted by Gasteiger charge is 2.36. The Morgan fingerprint density at radius 3 is 2.41 bits per heavy atom. The Morgan fingerprint density at radius 1 is 1.04 bits per heavy atom. The molecule has 2 aromatic rings. The molecule has 0 spiro atoms. The number of benzene rings is 2. The average Bonchev–Trinajstić information content (AvgIpc) is 3.13. The number of hydrogen-bond donors (Lipinski definition) is 0. The maximum Gasteiger partial charge on any atom is 0.247 e. The number of para-hydroxylation sites is 1. The van der Waals surface area contributed by atoms with Crippen molar-refractivity contribution in [3.05, 3.63) is 53.6 Å². The molecule has 0 aromatic heterocycles. The van der Waals surface area contributed by atoms with E-state index >= 15 is 0 Å². The van der Waals surface area contributed by atoms with Crippen LogP contribution in [0.15, 0.2) is 47.6 Å². The molecule has 0 saturated heterocycles. The molecule has 0 aliphatic carbocycles. The second-order valence-electron chi connectivity index (χ2n) is 6.12. The number of methoxy groups -OCH3 is 3. The van der Waals surface area contributed by atoms with Gasteiger partial charge in [-0.1, -0.05) is 24.3 Å². The molecule has 1 aliphatic rings. The molecule has 0 amide bonds. The van der Waals surface area contributed by atoms with E-state index in [1.165, 1.54) is 7.11 Å². The van der Waals surface area contributed by atoms with Gasteiger partial charge in [-0.05, 0) is 18.2 Å². The minimum atomic E-state index is -3.58. The van der Waals surface area contributed by atoms with Crippen LogP contribution in [-0.2, 0) is 10.0 Å². The molecule has 1 heterocycles. The predicted molar refractivity (Wildman–Crippen MR) is 103 cm³/mol. The van der Waals surface area contributed by atoms with Crippen molar-refractivity contribution in [1.82, 2.24) is 4.41 Å². The molecule has 1 unspecified atom stereocenters.